The lowest BCUT2D eigenvalue weighted by Gasteiger charge is -2.11. The number of nitrogens with two attached hydrogens (primary N) is 1. The van der Waals surface area contributed by atoms with Gasteiger partial charge in [0.25, 0.3) is 0 Å². The van der Waals surface area contributed by atoms with Crippen LogP contribution in [-0.2, 0) is 6.42 Å². The highest BCUT2D eigenvalue weighted by molar-refractivity contribution is 9.10. The molecule has 1 nitrogen and oxygen atoms in total. The van der Waals surface area contributed by atoms with Crippen LogP contribution < -0.4 is 5.73 Å². The maximum atomic E-state index is 5.88. The molecule has 0 amide bonds. The molecule has 2 N–H and O–H groups in total. The Bertz CT molecular complexity index is 305. The lowest BCUT2D eigenvalue weighted by atomic mass is 9.99. The first kappa shape index (κ1) is 9.59. The molecule has 0 saturated carbocycles. The van der Waals surface area contributed by atoms with E-state index in [2.05, 4.69) is 42.8 Å². The van der Waals surface area contributed by atoms with Crippen LogP contribution in [0.25, 0.3) is 0 Å². The number of aryl methyl sites for hydroxylation is 1. The number of hydrogen-bond donors (Lipinski definition) is 1. The van der Waals surface area contributed by atoms with Gasteiger partial charge in [-0.05, 0) is 59.0 Å². The highest BCUT2D eigenvalue weighted by atomic mass is 79.9. The summed E-state index contributed by atoms with van der Waals surface area (Å²) in [5.74, 6) is 0. The van der Waals surface area contributed by atoms with Gasteiger partial charge in [0.05, 0.1) is 0 Å². The van der Waals surface area contributed by atoms with E-state index in [1.165, 1.54) is 16.7 Å². The maximum absolute atomic E-state index is 5.88. The van der Waals surface area contributed by atoms with Crippen LogP contribution in [0.15, 0.2) is 10.5 Å². The van der Waals surface area contributed by atoms with Crippen LogP contribution in [0.1, 0.15) is 23.6 Å². The van der Waals surface area contributed by atoms with Gasteiger partial charge in [-0.25, -0.2) is 0 Å². The molecule has 0 bridgehead atoms. The van der Waals surface area contributed by atoms with Gasteiger partial charge in [-0.2, -0.15) is 0 Å². The zero-order valence-corrected chi connectivity index (χ0v) is 9.33. The Morgan fingerprint density at radius 2 is 2.00 bits per heavy atom. The molecule has 0 atom stereocenters. The van der Waals surface area contributed by atoms with Gasteiger partial charge in [0, 0.05) is 10.2 Å². The summed E-state index contributed by atoms with van der Waals surface area (Å²) >= 11 is 3.44. The van der Waals surface area contributed by atoms with E-state index < -0.39 is 0 Å². The Balaban J connectivity index is 3.40. The zero-order chi connectivity index (χ0) is 9.30. The standard InChI is InChI=1S/C10H14BrN/c1-4-8-6(2)5-9(11)10(12)7(8)3/h5H,4,12H2,1-3H3. The minimum atomic E-state index is 0.873. The fourth-order valence-electron chi connectivity index (χ4n) is 1.54. The number of halogens is 1. The largest absolute Gasteiger partial charge is 0.398 e. The van der Waals surface area contributed by atoms with Crippen LogP contribution >= 0.6 is 15.9 Å². The van der Waals surface area contributed by atoms with Crippen molar-refractivity contribution in [3.63, 3.8) is 0 Å². The maximum Gasteiger partial charge on any atom is 0.0491 e. The smallest absolute Gasteiger partial charge is 0.0491 e. The third kappa shape index (κ3) is 1.48. The van der Waals surface area contributed by atoms with Gasteiger partial charge in [-0.15, -0.1) is 0 Å². The van der Waals surface area contributed by atoms with Gasteiger partial charge >= 0.3 is 0 Å². The number of hydrogen-bond acceptors (Lipinski definition) is 1. The first-order chi connectivity index (χ1) is 5.57. The zero-order valence-electron chi connectivity index (χ0n) is 7.74. The third-order valence-electron chi connectivity index (χ3n) is 2.29. The second-order valence-corrected chi connectivity index (χ2v) is 3.90. The first-order valence-corrected chi connectivity index (χ1v) is 4.91. The van der Waals surface area contributed by atoms with Crippen LogP contribution in [-0.4, -0.2) is 0 Å². The van der Waals surface area contributed by atoms with Crippen LogP contribution in [0.2, 0.25) is 0 Å². The average Bonchev–Trinajstić information content (AvgIpc) is 2.01. The predicted octanol–water partition coefficient (Wildman–Crippen LogP) is 3.21. The van der Waals surface area contributed by atoms with Crippen molar-refractivity contribution in [2.45, 2.75) is 27.2 Å². The molecule has 0 aliphatic heterocycles. The predicted molar refractivity (Wildman–Crippen MR) is 57.4 cm³/mol. The van der Waals surface area contributed by atoms with E-state index in [9.17, 15) is 0 Å². The molecule has 0 spiro atoms. The van der Waals surface area contributed by atoms with E-state index in [4.69, 9.17) is 5.73 Å². The Morgan fingerprint density at radius 1 is 1.42 bits per heavy atom. The van der Waals surface area contributed by atoms with Gasteiger partial charge in [0.15, 0.2) is 0 Å². The van der Waals surface area contributed by atoms with Crippen molar-refractivity contribution < 1.29 is 0 Å². The van der Waals surface area contributed by atoms with Gasteiger partial charge in [-0.3, -0.25) is 0 Å². The van der Waals surface area contributed by atoms with Crippen molar-refractivity contribution in [1.82, 2.24) is 0 Å². The summed E-state index contributed by atoms with van der Waals surface area (Å²) in [6, 6.07) is 2.08. The molecule has 0 aliphatic carbocycles. The van der Waals surface area contributed by atoms with Gasteiger partial charge in [-0.1, -0.05) is 6.92 Å². The fourth-order valence-corrected chi connectivity index (χ4v) is 2.18. The molecule has 1 aromatic carbocycles. The molecule has 0 heterocycles. The van der Waals surface area contributed by atoms with Gasteiger partial charge < -0.3 is 5.73 Å². The summed E-state index contributed by atoms with van der Waals surface area (Å²) in [5.41, 5.74) is 10.7. The SMILES string of the molecule is CCc1c(C)cc(Br)c(N)c1C. The van der Waals surface area contributed by atoms with E-state index in [0.29, 0.717) is 0 Å². The van der Waals surface area contributed by atoms with Crippen molar-refractivity contribution in [3.05, 3.63) is 27.2 Å². The fraction of sp³-hybridized carbons (Fsp3) is 0.400. The molecular weight excluding hydrogens is 214 g/mol. The normalized spacial score (nSPS) is 10.3. The third-order valence-corrected chi connectivity index (χ3v) is 2.94. The van der Waals surface area contributed by atoms with Crippen LogP contribution in [0.3, 0.4) is 0 Å². The lowest BCUT2D eigenvalue weighted by molar-refractivity contribution is 1.08. The first-order valence-electron chi connectivity index (χ1n) is 4.12. The van der Waals surface area contributed by atoms with Crippen molar-refractivity contribution >= 4 is 21.6 Å². The minimum absolute atomic E-state index is 0.873. The monoisotopic (exact) mass is 227 g/mol. The van der Waals surface area contributed by atoms with Crippen LogP contribution in [0, 0.1) is 13.8 Å². The van der Waals surface area contributed by atoms with E-state index in [-0.39, 0.29) is 0 Å². The molecule has 1 aromatic rings. The van der Waals surface area contributed by atoms with Crippen LogP contribution in [0.5, 0.6) is 0 Å². The van der Waals surface area contributed by atoms with Gasteiger partial charge in [0.2, 0.25) is 0 Å². The van der Waals surface area contributed by atoms with E-state index in [1.807, 2.05) is 0 Å². The second kappa shape index (κ2) is 3.48. The summed E-state index contributed by atoms with van der Waals surface area (Å²) in [5, 5.41) is 0. The quantitative estimate of drug-likeness (QED) is 0.734. The Labute approximate surface area is 82.1 Å². The molecule has 0 unspecified atom stereocenters. The molecule has 12 heavy (non-hydrogen) atoms. The molecular formula is C10H14BrN. The Morgan fingerprint density at radius 3 is 2.50 bits per heavy atom. The summed E-state index contributed by atoms with van der Waals surface area (Å²) in [6.07, 6.45) is 1.05. The molecule has 66 valence electrons. The minimum Gasteiger partial charge on any atom is -0.398 e. The molecule has 0 fully saturated rings. The highest BCUT2D eigenvalue weighted by Crippen LogP contribution is 2.28. The summed E-state index contributed by atoms with van der Waals surface area (Å²) in [6.45, 7) is 6.35. The molecule has 1 rings (SSSR count). The number of benzene rings is 1. The van der Waals surface area contributed by atoms with E-state index >= 15 is 0 Å². The van der Waals surface area contributed by atoms with E-state index in [1.54, 1.807) is 0 Å². The number of anilines is 1. The lowest BCUT2D eigenvalue weighted by Crippen LogP contribution is -1.98. The Kier molecular flexibility index (Phi) is 2.78. The van der Waals surface area contributed by atoms with Crippen molar-refractivity contribution in [2.24, 2.45) is 0 Å². The highest BCUT2D eigenvalue weighted by Gasteiger charge is 2.06. The summed E-state index contributed by atoms with van der Waals surface area (Å²) in [7, 11) is 0. The van der Waals surface area contributed by atoms with E-state index in [0.717, 1.165) is 16.6 Å². The van der Waals surface area contributed by atoms with Gasteiger partial charge in [0.1, 0.15) is 0 Å². The van der Waals surface area contributed by atoms with Crippen molar-refractivity contribution in [2.75, 3.05) is 5.73 Å². The number of nitrogen functional groups attached to an aromatic ring is 1. The average molecular weight is 228 g/mol. The molecule has 2 heteroatoms. The topological polar surface area (TPSA) is 26.0 Å². The summed E-state index contributed by atoms with van der Waals surface area (Å²) < 4.78 is 1.01. The molecule has 0 aromatic heterocycles. The number of rotatable bonds is 1. The molecule has 0 aliphatic rings. The second-order valence-electron chi connectivity index (χ2n) is 3.05. The summed E-state index contributed by atoms with van der Waals surface area (Å²) in [4.78, 5) is 0. The van der Waals surface area contributed by atoms with Crippen molar-refractivity contribution in [3.8, 4) is 0 Å². The Hall–Kier alpha value is -0.500. The van der Waals surface area contributed by atoms with Crippen molar-refractivity contribution in [1.29, 1.82) is 0 Å². The molecule has 0 saturated heterocycles. The van der Waals surface area contributed by atoms with Crippen LogP contribution in [0.4, 0.5) is 5.69 Å². The molecule has 0 radical (unpaired) electrons.